The summed E-state index contributed by atoms with van der Waals surface area (Å²) in [5.74, 6) is 1.82. The van der Waals surface area contributed by atoms with Gasteiger partial charge in [0, 0.05) is 0 Å². The first-order chi connectivity index (χ1) is 5.13. The standard InChI is InChI=1S/C6Br4O/c7-1-2(8)4(10)6-5(11-6)3(1)9. The van der Waals surface area contributed by atoms with E-state index >= 15 is 0 Å². The minimum Gasteiger partial charge on any atom is -0.447 e. The number of hydrogen-bond donors (Lipinski definition) is 0. The molecule has 5 heteroatoms. The van der Waals surface area contributed by atoms with Gasteiger partial charge in [-0.1, -0.05) is 0 Å². The van der Waals surface area contributed by atoms with E-state index in [4.69, 9.17) is 4.74 Å². The number of ether oxygens (including phenoxy) is 1. The van der Waals surface area contributed by atoms with Crippen LogP contribution in [0.4, 0.5) is 0 Å². The van der Waals surface area contributed by atoms with E-state index in [1.807, 2.05) is 0 Å². The van der Waals surface area contributed by atoms with Gasteiger partial charge in [0.25, 0.3) is 0 Å². The third-order valence-electron chi connectivity index (χ3n) is 1.35. The van der Waals surface area contributed by atoms with Crippen LogP contribution in [-0.4, -0.2) is 0 Å². The van der Waals surface area contributed by atoms with Crippen molar-refractivity contribution in [1.82, 2.24) is 0 Å². The number of benzene rings is 1. The average Bonchev–Trinajstić information content (AvgIpc) is 2.76. The van der Waals surface area contributed by atoms with Crippen molar-refractivity contribution < 1.29 is 4.74 Å². The van der Waals surface area contributed by atoms with Crippen LogP contribution in [0.2, 0.25) is 0 Å². The van der Waals surface area contributed by atoms with E-state index in [9.17, 15) is 0 Å². The van der Waals surface area contributed by atoms with Gasteiger partial charge < -0.3 is 4.74 Å². The van der Waals surface area contributed by atoms with Crippen molar-refractivity contribution in [3.63, 3.8) is 0 Å². The fraction of sp³-hybridized carbons (Fsp3) is 0. The van der Waals surface area contributed by atoms with Gasteiger partial charge in [-0.25, -0.2) is 0 Å². The van der Waals surface area contributed by atoms with Crippen LogP contribution < -0.4 is 4.74 Å². The molecule has 0 radical (unpaired) electrons. The summed E-state index contributed by atoms with van der Waals surface area (Å²) in [5.41, 5.74) is 0. The smallest absolute Gasteiger partial charge is 0.186 e. The SMILES string of the molecule is Brc1c(Br)c(Br)c2c(c1Br)O2. The van der Waals surface area contributed by atoms with Crippen LogP contribution >= 0.6 is 63.7 Å². The Labute approximate surface area is 97.0 Å². The second kappa shape index (κ2) is 2.72. The van der Waals surface area contributed by atoms with Crippen LogP contribution in [0.3, 0.4) is 0 Å². The topological polar surface area (TPSA) is 12.5 Å². The Bertz CT molecular complexity index is 314. The molecule has 0 aromatic heterocycles. The highest BCUT2D eigenvalue weighted by molar-refractivity contribution is 9.15. The van der Waals surface area contributed by atoms with E-state index in [-0.39, 0.29) is 0 Å². The molecule has 0 atom stereocenters. The summed E-state index contributed by atoms with van der Waals surface area (Å²) in [7, 11) is 0. The fourth-order valence-electron chi connectivity index (χ4n) is 0.758. The van der Waals surface area contributed by atoms with Crippen LogP contribution in [0.5, 0.6) is 11.5 Å². The van der Waals surface area contributed by atoms with E-state index in [1.54, 1.807) is 0 Å². The summed E-state index contributed by atoms with van der Waals surface area (Å²) >= 11 is 13.6. The first-order valence-electron chi connectivity index (χ1n) is 2.66. The van der Waals surface area contributed by atoms with Gasteiger partial charge in [-0.15, -0.1) is 0 Å². The van der Waals surface area contributed by atoms with Gasteiger partial charge in [0.2, 0.25) is 0 Å². The van der Waals surface area contributed by atoms with Crippen LogP contribution in [-0.2, 0) is 0 Å². The largest absolute Gasteiger partial charge is 0.447 e. The minimum absolute atomic E-state index is 0.909. The molecule has 11 heavy (non-hydrogen) atoms. The van der Waals surface area contributed by atoms with Crippen LogP contribution in [0, 0.1) is 0 Å². The molecule has 0 N–H and O–H groups in total. The summed E-state index contributed by atoms with van der Waals surface area (Å²) in [4.78, 5) is 0. The maximum atomic E-state index is 5.21. The molecule has 0 spiro atoms. The van der Waals surface area contributed by atoms with E-state index in [0.29, 0.717) is 0 Å². The summed E-state index contributed by atoms with van der Waals surface area (Å²) in [5, 5.41) is 0. The molecule has 1 aliphatic rings. The van der Waals surface area contributed by atoms with Crippen molar-refractivity contribution in [2.75, 3.05) is 0 Å². The second-order valence-corrected chi connectivity index (χ2v) is 5.19. The highest BCUT2D eigenvalue weighted by atomic mass is 79.9. The van der Waals surface area contributed by atoms with Crippen molar-refractivity contribution in [3.8, 4) is 11.5 Å². The Morgan fingerprint density at radius 3 is 1.36 bits per heavy atom. The van der Waals surface area contributed by atoms with Crippen molar-refractivity contribution in [2.45, 2.75) is 0 Å². The summed E-state index contributed by atoms with van der Waals surface area (Å²) in [6, 6.07) is 0. The number of fused-ring (bicyclic) bond motifs is 1. The first kappa shape index (κ1) is 8.53. The lowest BCUT2D eigenvalue weighted by molar-refractivity contribution is 0.645. The quantitative estimate of drug-likeness (QED) is 0.346. The maximum absolute atomic E-state index is 5.21. The van der Waals surface area contributed by atoms with Gasteiger partial charge in [0.1, 0.15) is 0 Å². The molecule has 58 valence electrons. The third-order valence-corrected chi connectivity index (χ3v) is 6.04. The lowest BCUT2D eigenvalue weighted by Gasteiger charge is -1.95. The first-order valence-corrected chi connectivity index (χ1v) is 5.84. The Morgan fingerprint density at radius 2 is 1.00 bits per heavy atom. The molecule has 2 rings (SSSR count). The molecular weight excluding hydrogens is 408 g/mol. The maximum Gasteiger partial charge on any atom is 0.186 e. The lowest BCUT2D eigenvalue weighted by Crippen LogP contribution is -1.68. The molecule has 0 amide bonds. The molecule has 1 aliphatic heterocycles. The monoisotopic (exact) mass is 404 g/mol. The molecule has 1 aromatic rings. The Hall–Kier alpha value is 0.940. The van der Waals surface area contributed by atoms with Gasteiger partial charge >= 0.3 is 0 Å². The van der Waals surface area contributed by atoms with Gasteiger partial charge in [-0.2, -0.15) is 0 Å². The summed E-state index contributed by atoms with van der Waals surface area (Å²) in [6.07, 6.45) is 0. The van der Waals surface area contributed by atoms with Crippen molar-refractivity contribution in [3.05, 3.63) is 17.9 Å². The number of halogens is 4. The number of rotatable bonds is 0. The van der Waals surface area contributed by atoms with Gasteiger partial charge in [-0.05, 0) is 63.7 Å². The molecule has 0 bridgehead atoms. The third kappa shape index (κ3) is 1.20. The van der Waals surface area contributed by atoms with Crippen LogP contribution in [0.15, 0.2) is 17.9 Å². The normalized spacial score (nSPS) is 12.4. The fourth-order valence-corrected chi connectivity index (χ4v) is 2.96. The molecule has 1 nitrogen and oxygen atoms in total. The molecule has 1 aromatic carbocycles. The molecule has 0 unspecified atom stereocenters. The molecule has 0 saturated heterocycles. The predicted molar refractivity (Wildman–Crippen MR) is 57.3 cm³/mol. The van der Waals surface area contributed by atoms with Crippen molar-refractivity contribution in [1.29, 1.82) is 0 Å². The Kier molecular flexibility index (Phi) is 2.11. The zero-order chi connectivity index (χ0) is 8.17. The number of hydrogen-bond acceptors (Lipinski definition) is 1. The Morgan fingerprint density at radius 1 is 0.636 bits per heavy atom. The lowest BCUT2D eigenvalue weighted by atomic mass is 10.4. The van der Waals surface area contributed by atoms with E-state index in [1.165, 1.54) is 0 Å². The van der Waals surface area contributed by atoms with E-state index in [0.717, 1.165) is 29.4 Å². The minimum atomic E-state index is 0.909. The second-order valence-electron chi connectivity index (χ2n) is 2.02. The molecule has 1 heterocycles. The summed E-state index contributed by atoms with van der Waals surface area (Å²) in [6.45, 7) is 0. The van der Waals surface area contributed by atoms with Crippen LogP contribution in [0.1, 0.15) is 0 Å². The van der Waals surface area contributed by atoms with Crippen LogP contribution in [0.25, 0.3) is 0 Å². The highest BCUT2D eigenvalue weighted by Crippen LogP contribution is 2.60. The molecule has 0 aliphatic carbocycles. The van der Waals surface area contributed by atoms with Gasteiger partial charge in [0.15, 0.2) is 11.5 Å². The van der Waals surface area contributed by atoms with Gasteiger partial charge in [-0.3, -0.25) is 0 Å². The Balaban J connectivity index is 2.78. The summed E-state index contributed by atoms with van der Waals surface area (Å²) < 4.78 is 9.07. The van der Waals surface area contributed by atoms with E-state index in [2.05, 4.69) is 63.7 Å². The average molecular weight is 408 g/mol. The van der Waals surface area contributed by atoms with Gasteiger partial charge in [0.05, 0.1) is 17.9 Å². The van der Waals surface area contributed by atoms with E-state index < -0.39 is 0 Å². The van der Waals surface area contributed by atoms with Crippen molar-refractivity contribution in [2.24, 2.45) is 0 Å². The highest BCUT2D eigenvalue weighted by Gasteiger charge is 2.31. The molecular formula is C6Br4O. The predicted octanol–water partition coefficient (Wildman–Crippen LogP) is 4.84. The molecule has 0 saturated carbocycles. The zero-order valence-electron chi connectivity index (χ0n) is 4.92. The van der Waals surface area contributed by atoms with Crippen molar-refractivity contribution >= 4 is 63.7 Å². The zero-order valence-corrected chi connectivity index (χ0v) is 11.3. The molecule has 0 fully saturated rings.